The smallest absolute Gasteiger partial charge is 0.324 e. The normalized spacial score (nSPS) is 17.6. The molecular weight excluding hydrogens is 246 g/mol. The Hall–Kier alpha value is -1.20. The zero-order chi connectivity index (χ0) is 13.0. The highest BCUT2D eigenvalue weighted by Crippen LogP contribution is 2.19. The maximum atomic E-state index is 11.0. The maximum Gasteiger partial charge on any atom is 0.324 e. The van der Waals surface area contributed by atoms with Gasteiger partial charge in [-0.25, -0.2) is 4.79 Å². The van der Waals surface area contributed by atoms with E-state index in [-0.39, 0.29) is 6.04 Å². The number of benzene rings is 1. The SMILES string of the molecule is NC(=O)N(S)C1CCN(Cc2ccccc2)CC1. The summed E-state index contributed by atoms with van der Waals surface area (Å²) in [7, 11) is 0. The molecule has 2 N–H and O–H groups in total. The summed E-state index contributed by atoms with van der Waals surface area (Å²) in [5.74, 6) is 0. The lowest BCUT2D eigenvalue weighted by molar-refractivity contribution is 0.162. The van der Waals surface area contributed by atoms with Gasteiger partial charge in [-0.2, -0.15) is 0 Å². The van der Waals surface area contributed by atoms with Gasteiger partial charge in [0.2, 0.25) is 0 Å². The summed E-state index contributed by atoms with van der Waals surface area (Å²) in [5, 5.41) is 0. The lowest BCUT2D eigenvalue weighted by Gasteiger charge is -2.35. The lowest BCUT2D eigenvalue weighted by Crippen LogP contribution is -2.44. The second-order valence-electron chi connectivity index (χ2n) is 4.68. The molecule has 2 amide bonds. The van der Waals surface area contributed by atoms with Crippen LogP contribution in [-0.4, -0.2) is 34.4 Å². The second-order valence-corrected chi connectivity index (χ2v) is 5.11. The van der Waals surface area contributed by atoms with Crippen LogP contribution >= 0.6 is 12.8 Å². The first-order chi connectivity index (χ1) is 8.66. The van der Waals surface area contributed by atoms with Crippen molar-refractivity contribution < 1.29 is 4.79 Å². The van der Waals surface area contributed by atoms with Gasteiger partial charge < -0.3 is 5.73 Å². The van der Waals surface area contributed by atoms with Gasteiger partial charge in [0.15, 0.2) is 0 Å². The number of carbonyl (C=O) groups excluding carboxylic acids is 1. The van der Waals surface area contributed by atoms with E-state index in [2.05, 4.69) is 42.0 Å². The zero-order valence-electron chi connectivity index (χ0n) is 10.3. The minimum atomic E-state index is -0.458. The molecule has 1 heterocycles. The van der Waals surface area contributed by atoms with Crippen LogP contribution in [0.3, 0.4) is 0 Å². The number of piperidine rings is 1. The standard InChI is InChI=1S/C13H19N3OS/c14-13(17)16(18)12-6-8-15(9-7-12)10-11-4-2-1-3-5-11/h1-5,12,18H,6-10H2,(H2,14,17). The van der Waals surface area contributed by atoms with Crippen LogP contribution in [0, 0.1) is 0 Å². The molecule has 1 saturated heterocycles. The molecule has 0 atom stereocenters. The topological polar surface area (TPSA) is 49.6 Å². The summed E-state index contributed by atoms with van der Waals surface area (Å²) < 4.78 is 1.36. The molecule has 4 nitrogen and oxygen atoms in total. The Morgan fingerprint density at radius 1 is 1.33 bits per heavy atom. The summed E-state index contributed by atoms with van der Waals surface area (Å²) in [6.07, 6.45) is 1.86. The summed E-state index contributed by atoms with van der Waals surface area (Å²) in [6, 6.07) is 10.1. The molecule has 1 fully saturated rings. The van der Waals surface area contributed by atoms with E-state index in [0.29, 0.717) is 0 Å². The molecule has 2 rings (SSSR count). The van der Waals surface area contributed by atoms with Crippen LogP contribution in [-0.2, 0) is 6.54 Å². The van der Waals surface area contributed by atoms with E-state index < -0.39 is 6.03 Å². The highest BCUT2D eigenvalue weighted by atomic mass is 32.1. The van der Waals surface area contributed by atoms with Gasteiger partial charge in [0.25, 0.3) is 0 Å². The van der Waals surface area contributed by atoms with E-state index in [1.807, 2.05) is 6.07 Å². The molecule has 5 heteroatoms. The first-order valence-electron chi connectivity index (χ1n) is 6.20. The average molecular weight is 265 g/mol. The quantitative estimate of drug-likeness (QED) is 0.820. The largest absolute Gasteiger partial charge is 0.351 e. The van der Waals surface area contributed by atoms with Crippen molar-refractivity contribution in [3.05, 3.63) is 35.9 Å². The number of rotatable bonds is 3. The molecule has 0 bridgehead atoms. The van der Waals surface area contributed by atoms with Gasteiger partial charge in [0.05, 0.1) is 0 Å². The van der Waals surface area contributed by atoms with Crippen molar-refractivity contribution in [2.45, 2.75) is 25.4 Å². The molecule has 0 saturated carbocycles. The molecule has 98 valence electrons. The Morgan fingerprint density at radius 3 is 2.50 bits per heavy atom. The number of thiol groups is 1. The number of hydrogen-bond acceptors (Lipinski definition) is 3. The second kappa shape index (κ2) is 6.11. The van der Waals surface area contributed by atoms with E-state index in [9.17, 15) is 4.79 Å². The molecule has 18 heavy (non-hydrogen) atoms. The van der Waals surface area contributed by atoms with E-state index in [1.54, 1.807) is 0 Å². The molecule has 1 aliphatic rings. The minimum absolute atomic E-state index is 0.165. The van der Waals surface area contributed by atoms with Crippen molar-refractivity contribution in [3.63, 3.8) is 0 Å². The fourth-order valence-corrected chi connectivity index (χ4v) is 2.57. The van der Waals surface area contributed by atoms with Crippen molar-refractivity contribution in [1.29, 1.82) is 0 Å². The van der Waals surface area contributed by atoms with Crippen LogP contribution in [0.15, 0.2) is 30.3 Å². The summed E-state index contributed by atoms with van der Waals surface area (Å²) in [4.78, 5) is 13.4. The number of carbonyl (C=O) groups is 1. The van der Waals surface area contributed by atoms with E-state index in [4.69, 9.17) is 5.73 Å². The monoisotopic (exact) mass is 265 g/mol. The number of primary amides is 1. The van der Waals surface area contributed by atoms with Gasteiger partial charge in [-0.1, -0.05) is 43.1 Å². The Bertz CT molecular complexity index is 390. The molecule has 0 aliphatic carbocycles. The average Bonchev–Trinajstić information content (AvgIpc) is 2.40. The van der Waals surface area contributed by atoms with Crippen molar-refractivity contribution in [2.75, 3.05) is 13.1 Å². The first-order valence-corrected chi connectivity index (χ1v) is 6.60. The van der Waals surface area contributed by atoms with E-state index >= 15 is 0 Å². The summed E-state index contributed by atoms with van der Waals surface area (Å²) in [6.45, 7) is 2.92. The fraction of sp³-hybridized carbons (Fsp3) is 0.462. The fourth-order valence-electron chi connectivity index (χ4n) is 2.34. The van der Waals surface area contributed by atoms with Gasteiger partial charge in [-0.3, -0.25) is 9.21 Å². The Morgan fingerprint density at radius 2 is 1.94 bits per heavy atom. The number of likely N-dealkylation sites (tertiary alicyclic amines) is 1. The van der Waals surface area contributed by atoms with Crippen molar-refractivity contribution in [1.82, 2.24) is 9.21 Å². The van der Waals surface area contributed by atoms with Gasteiger partial charge in [-0.05, 0) is 18.4 Å². The molecule has 0 spiro atoms. The van der Waals surface area contributed by atoms with Crippen molar-refractivity contribution >= 4 is 18.8 Å². The van der Waals surface area contributed by atoms with Gasteiger partial charge >= 0.3 is 6.03 Å². The number of amides is 2. The number of nitrogens with two attached hydrogens (primary N) is 1. The van der Waals surface area contributed by atoms with Crippen molar-refractivity contribution in [3.8, 4) is 0 Å². The predicted octanol–water partition coefficient (Wildman–Crippen LogP) is 1.88. The van der Waals surface area contributed by atoms with E-state index in [0.717, 1.165) is 32.5 Å². The molecule has 1 aliphatic heterocycles. The maximum absolute atomic E-state index is 11.0. The number of hydrogen-bond donors (Lipinski definition) is 2. The predicted molar refractivity (Wildman–Crippen MR) is 75.1 cm³/mol. The molecule has 0 unspecified atom stereocenters. The highest BCUT2D eigenvalue weighted by molar-refractivity contribution is 7.78. The molecule has 0 aromatic heterocycles. The summed E-state index contributed by atoms with van der Waals surface area (Å²) in [5.41, 5.74) is 6.55. The highest BCUT2D eigenvalue weighted by Gasteiger charge is 2.24. The zero-order valence-corrected chi connectivity index (χ0v) is 11.2. The Labute approximate surface area is 113 Å². The third kappa shape index (κ3) is 3.40. The molecular formula is C13H19N3OS. The third-order valence-electron chi connectivity index (χ3n) is 3.38. The van der Waals surface area contributed by atoms with Gasteiger partial charge in [0, 0.05) is 25.7 Å². The van der Waals surface area contributed by atoms with Gasteiger partial charge in [-0.15, -0.1) is 0 Å². The van der Waals surface area contributed by atoms with Crippen LogP contribution in [0.1, 0.15) is 18.4 Å². The third-order valence-corrected chi connectivity index (χ3v) is 3.90. The summed E-state index contributed by atoms with van der Waals surface area (Å²) >= 11 is 4.14. The van der Waals surface area contributed by atoms with Crippen LogP contribution in [0.25, 0.3) is 0 Å². The van der Waals surface area contributed by atoms with Gasteiger partial charge in [0.1, 0.15) is 0 Å². The molecule has 1 aromatic carbocycles. The lowest BCUT2D eigenvalue weighted by atomic mass is 10.0. The van der Waals surface area contributed by atoms with E-state index in [1.165, 1.54) is 9.87 Å². The minimum Gasteiger partial charge on any atom is -0.351 e. The van der Waals surface area contributed by atoms with Crippen LogP contribution in [0.5, 0.6) is 0 Å². The Balaban J connectivity index is 1.82. The number of urea groups is 1. The Kier molecular flexibility index (Phi) is 4.49. The number of nitrogens with zero attached hydrogens (tertiary/aromatic N) is 2. The molecule has 1 aromatic rings. The van der Waals surface area contributed by atoms with Crippen LogP contribution < -0.4 is 5.73 Å². The first kappa shape index (κ1) is 13.2. The van der Waals surface area contributed by atoms with Crippen LogP contribution in [0.2, 0.25) is 0 Å². The van der Waals surface area contributed by atoms with Crippen molar-refractivity contribution in [2.24, 2.45) is 5.73 Å². The van der Waals surface area contributed by atoms with Crippen LogP contribution in [0.4, 0.5) is 4.79 Å². The molecule has 0 radical (unpaired) electrons.